The standard InChI is InChI=1S/C15H14Br2N2O/c16-13-9(7-18)3-1-5-11(13)15(20)12-6-2-4-10(8-19)14(12)17/h1-6H,7-8,18-19H2. The van der Waals surface area contributed by atoms with Crippen LogP contribution in [0.1, 0.15) is 27.0 Å². The molecule has 0 radical (unpaired) electrons. The van der Waals surface area contributed by atoms with Gasteiger partial charge in [0.1, 0.15) is 0 Å². The van der Waals surface area contributed by atoms with E-state index in [4.69, 9.17) is 11.5 Å². The number of hydrogen-bond donors (Lipinski definition) is 2. The third kappa shape index (κ3) is 2.86. The molecule has 0 spiro atoms. The van der Waals surface area contributed by atoms with Crippen molar-refractivity contribution in [1.82, 2.24) is 0 Å². The van der Waals surface area contributed by atoms with E-state index in [0.29, 0.717) is 24.2 Å². The Balaban J connectivity index is 2.52. The molecule has 0 aliphatic carbocycles. The van der Waals surface area contributed by atoms with E-state index in [9.17, 15) is 4.79 Å². The van der Waals surface area contributed by atoms with E-state index in [-0.39, 0.29) is 5.78 Å². The third-order valence-corrected chi connectivity index (χ3v) is 4.96. The Morgan fingerprint density at radius 3 is 1.60 bits per heavy atom. The highest BCUT2D eigenvalue weighted by molar-refractivity contribution is 9.11. The second-order valence-corrected chi connectivity index (χ2v) is 5.88. The zero-order valence-electron chi connectivity index (χ0n) is 10.7. The van der Waals surface area contributed by atoms with Gasteiger partial charge in [-0.3, -0.25) is 4.79 Å². The number of ketones is 1. The zero-order chi connectivity index (χ0) is 14.7. The highest BCUT2D eigenvalue weighted by Gasteiger charge is 2.18. The maximum absolute atomic E-state index is 12.7. The average Bonchev–Trinajstić information content (AvgIpc) is 2.47. The van der Waals surface area contributed by atoms with Gasteiger partial charge in [0.25, 0.3) is 0 Å². The van der Waals surface area contributed by atoms with Crippen LogP contribution in [0.4, 0.5) is 0 Å². The maximum Gasteiger partial charge on any atom is 0.195 e. The number of rotatable bonds is 4. The minimum Gasteiger partial charge on any atom is -0.326 e. The fraction of sp³-hybridized carbons (Fsp3) is 0.133. The fourth-order valence-corrected chi connectivity index (χ4v) is 3.18. The Morgan fingerprint density at radius 2 is 1.25 bits per heavy atom. The van der Waals surface area contributed by atoms with Crippen LogP contribution in [0.5, 0.6) is 0 Å². The van der Waals surface area contributed by atoms with E-state index in [0.717, 1.165) is 20.1 Å². The number of carbonyl (C=O) groups is 1. The summed E-state index contributed by atoms with van der Waals surface area (Å²) in [5.41, 5.74) is 14.3. The molecule has 4 N–H and O–H groups in total. The molecule has 0 atom stereocenters. The Morgan fingerprint density at radius 1 is 0.850 bits per heavy atom. The lowest BCUT2D eigenvalue weighted by Crippen LogP contribution is -2.08. The monoisotopic (exact) mass is 396 g/mol. The number of hydrogen-bond acceptors (Lipinski definition) is 3. The molecule has 104 valence electrons. The molecule has 2 aromatic rings. The first-order valence-corrected chi connectivity index (χ1v) is 7.68. The highest BCUT2D eigenvalue weighted by atomic mass is 79.9. The van der Waals surface area contributed by atoms with Gasteiger partial charge in [0.15, 0.2) is 5.78 Å². The minimum atomic E-state index is -0.0608. The lowest BCUT2D eigenvalue weighted by molar-refractivity contribution is 0.103. The fourth-order valence-electron chi connectivity index (χ4n) is 1.97. The SMILES string of the molecule is NCc1cccc(C(=O)c2cccc(CN)c2Br)c1Br. The summed E-state index contributed by atoms with van der Waals surface area (Å²) in [6.07, 6.45) is 0. The first kappa shape index (κ1) is 15.4. The first-order valence-electron chi connectivity index (χ1n) is 6.09. The Hall–Kier alpha value is -1.01. The van der Waals surface area contributed by atoms with Crippen LogP contribution < -0.4 is 11.5 Å². The summed E-state index contributed by atoms with van der Waals surface area (Å²) in [5.74, 6) is -0.0608. The molecule has 5 heteroatoms. The molecule has 0 aliphatic rings. The van der Waals surface area contributed by atoms with Crippen molar-refractivity contribution in [2.75, 3.05) is 0 Å². The van der Waals surface area contributed by atoms with Crippen LogP contribution in [0.15, 0.2) is 45.3 Å². The average molecular weight is 398 g/mol. The van der Waals surface area contributed by atoms with Gasteiger partial charge in [-0.05, 0) is 55.1 Å². The molecule has 0 aromatic heterocycles. The normalized spacial score (nSPS) is 10.6. The highest BCUT2D eigenvalue weighted by Crippen LogP contribution is 2.28. The van der Waals surface area contributed by atoms with Gasteiger partial charge in [0.2, 0.25) is 0 Å². The molecule has 0 heterocycles. The summed E-state index contributed by atoms with van der Waals surface area (Å²) in [5, 5.41) is 0. The molecule has 0 fully saturated rings. The van der Waals surface area contributed by atoms with Crippen molar-refractivity contribution in [3.8, 4) is 0 Å². The molecule has 2 aromatic carbocycles. The summed E-state index contributed by atoms with van der Waals surface area (Å²) in [4.78, 5) is 12.7. The predicted molar refractivity (Wildman–Crippen MR) is 87.5 cm³/mol. The lowest BCUT2D eigenvalue weighted by atomic mass is 9.99. The summed E-state index contributed by atoms with van der Waals surface area (Å²) >= 11 is 6.92. The van der Waals surface area contributed by atoms with Gasteiger partial charge in [0, 0.05) is 33.2 Å². The topological polar surface area (TPSA) is 69.1 Å². The van der Waals surface area contributed by atoms with Crippen molar-refractivity contribution < 1.29 is 4.79 Å². The number of halogens is 2. The third-order valence-electron chi connectivity index (χ3n) is 3.09. The molecule has 3 nitrogen and oxygen atoms in total. The van der Waals surface area contributed by atoms with E-state index >= 15 is 0 Å². The van der Waals surface area contributed by atoms with E-state index in [1.807, 2.05) is 24.3 Å². The second-order valence-electron chi connectivity index (χ2n) is 4.29. The van der Waals surface area contributed by atoms with Crippen molar-refractivity contribution in [1.29, 1.82) is 0 Å². The molecule has 2 rings (SSSR count). The molecule has 0 amide bonds. The van der Waals surface area contributed by atoms with Gasteiger partial charge in [0.05, 0.1) is 0 Å². The summed E-state index contributed by atoms with van der Waals surface area (Å²) in [6.45, 7) is 0.761. The van der Waals surface area contributed by atoms with Gasteiger partial charge >= 0.3 is 0 Å². The van der Waals surface area contributed by atoms with Crippen molar-refractivity contribution in [2.24, 2.45) is 11.5 Å². The predicted octanol–water partition coefficient (Wildman–Crippen LogP) is 3.36. The Bertz CT molecular complexity index is 601. The Kier molecular flexibility index (Phi) is 5.10. The van der Waals surface area contributed by atoms with Crippen LogP contribution in [-0.2, 0) is 13.1 Å². The van der Waals surface area contributed by atoms with Gasteiger partial charge in [-0.2, -0.15) is 0 Å². The Labute approximate surface area is 134 Å². The van der Waals surface area contributed by atoms with Crippen molar-refractivity contribution >= 4 is 37.6 Å². The second kappa shape index (κ2) is 6.63. The van der Waals surface area contributed by atoms with Crippen LogP contribution in [-0.4, -0.2) is 5.78 Å². The lowest BCUT2D eigenvalue weighted by Gasteiger charge is -2.11. The summed E-state index contributed by atoms with van der Waals surface area (Å²) in [7, 11) is 0. The van der Waals surface area contributed by atoms with E-state index in [1.54, 1.807) is 12.1 Å². The minimum absolute atomic E-state index is 0.0608. The van der Waals surface area contributed by atoms with Crippen LogP contribution in [0, 0.1) is 0 Å². The van der Waals surface area contributed by atoms with Crippen LogP contribution >= 0.6 is 31.9 Å². The molecule has 0 bridgehead atoms. The van der Waals surface area contributed by atoms with Crippen molar-refractivity contribution in [2.45, 2.75) is 13.1 Å². The van der Waals surface area contributed by atoms with Crippen LogP contribution in [0.3, 0.4) is 0 Å². The number of carbonyl (C=O) groups excluding carboxylic acids is 1. The summed E-state index contributed by atoms with van der Waals surface area (Å²) < 4.78 is 1.50. The number of nitrogens with two attached hydrogens (primary N) is 2. The van der Waals surface area contributed by atoms with E-state index in [2.05, 4.69) is 31.9 Å². The number of benzene rings is 2. The molecule has 20 heavy (non-hydrogen) atoms. The largest absolute Gasteiger partial charge is 0.326 e. The van der Waals surface area contributed by atoms with E-state index in [1.165, 1.54) is 0 Å². The van der Waals surface area contributed by atoms with Gasteiger partial charge in [-0.1, -0.05) is 24.3 Å². The maximum atomic E-state index is 12.7. The van der Waals surface area contributed by atoms with Crippen molar-refractivity contribution in [3.05, 3.63) is 67.6 Å². The molecular formula is C15H14Br2N2O. The molecule has 0 aliphatic heterocycles. The van der Waals surface area contributed by atoms with Gasteiger partial charge < -0.3 is 11.5 Å². The molecule has 0 saturated heterocycles. The van der Waals surface area contributed by atoms with Crippen LogP contribution in [0.25, 0.3) is 0 Å². The smallest absolute Gasteiger partial charge is 0.195 e. The van der Waals surface area contributed by atoms with Gasteiger partial charge in [-0.25, -0.2) is 0 Å². The molecular weight excluding hydrogens is 384 g/mol. The quantitative estimate of drug-likeness (QED) is 0.777. The zero-order valence-corrected chi connectivity index (χ0v) is 13.9. The molecule has 0 unspecified atom stereocenters. The van der Waals surface area contributed by atoms with Crippen molar-refractivity contribution in [3.63, 3.8) is 0 Å². The molecule has 0 saturated carbocycles. The first-order chi connectivity index (χ1) is 9.60. The summed E-state index contributed by atoms with van der Waals surface area (Å²) in [6, 6.07) is 11.0. The van der Waals surface area contributed by atoms with Gasteiger partial charge in [-0.15, -0.1) is 0 Å². The van der Waals surface area contributed by atoms with E-state index < -0.39 is 0 Å². The van der Waals surface area contributed by atoms with Crippen LogP contribution in [0.2, 0.25) is 0 Å².